The molecular weight excluding hydrogens is 279 g/mol. The second-order valence-electron chi connectivity index (χ2n) is 5.46. The van der Waals surface area contributed by atoms with E-state index in [1.165, 1.54) is 0 Å². The van der Waals surface area contributed by atoms with E-state index in [4.69, 9.17) is 4.74 Å². The molecule has 0 fully saturated rings. The van der Waals surface area contributed by atoms with Crippen molar-refractivity contribution in [2.45, 2.75) is 58.0 Å². The number of esters is 2. The summed E-state index contributed by atoms with van der Waals surface area (Å²) in [5, 5.41) is 0. The third kappa shape index (κ3) is 3.71. The zero-order valence-corrected chi connectivity index (χ0v) is 11.6. The van der Waals surface area contributed by atoms with Gasteiger partial charge in [0.15, 0.2) is 0 Å². The van der Waals surface area contributed by atoms with Crippen molar-refractivity contribution < 1.29 is 32.2 Å². The number of nitrogens with zero attached hydrogens (tertiary/aromatic N) is 1. The lowest BCUT2D eigenvalue weighted by Gasteiger charge is -2.27. The highest BCUT2D eigenvalue weighted by molar-refractivity contribution is 6.36. The van der Waals surface area contributed by atoms with Crippen LogP contribution in [0.5, 0.6) is 0 Å². The lowest BCUT2D eigenvalue weighted by Crippen LogP contribution is -2.45. The van der Waals surface area contributed by atoms with E-state index >= 15 is 0 Å². The first-order valence-electron chi connectivity index (χ1n) is 5.95. The van der Waals surface area contributed by atoms with Gasteiger partial charge in [-0.15, -0.1) is 0 Å². The molecule has 1 rings (SSSR count). The molecule has 0 aliphatic carbocycles. The minimum absolute atomic E-state index is 0.369. The first-order valence-corrected chi connectivity index (χ1v) is 5.95. The summed E-state index contributed by atoms with van der Waals surface area (Å²) in [6, 6.07) is 0. The zero-order valence-electron chi connectivity index (χ0n) is 11.6. The molecule has 0 bridgehead atoms. The van der Waals surface area contributed by atoms with Crippen molar-refractivity contribution in [2.24, 2.45) is 4.99 Å². The van der Waals surface area contributed by atoms with Gasteiger partial charge in [-0.3, -0.25) is 4.79 Å². The fourth-order valence-electron chi connectivity index (χ4n) is 1.60. The van der Waals surface area contributed by atoms with E-state index < -0.39 is 42.3 Å². The number of cyclic esters (lactones) is 1. The minimum atomic E-state index is -4.89. The maximum absolute atomic E-state index is 13.0. The Bertz CT molecular complexity index is 451. The molecule has 8 heteroatoms. The molecule has 1 unspecified atom stereocenters. The van der Waals surface area contributed by atoms with Gasteiger partial charge in [-0.05, 0) is 27.7 Å². The highest BCUT2D eigenvalue weighted by Gasteiger charge is 2.61. The first-order chi connectivity index (χ1) is 8.86. The first kappa shape index (κ1) is 16.5. The van der Waals surface area contributed by atoms with Crippen LogP contribution < -0.4 is 0 Å². The van der Waals surface area contributed by atoms with Gasteiger partial charge in [0.2, 0.25) is 0 Å². The van der Waals surface area contributed by atoms with E-state index in [0.29, 0.717) is 0 Å². The van der Waals surface area contributed by atoms with Gasteiger partial charge in [0.25, 0.3) is 5.72 Å². The number of alkyl halides is 3. The molecule has 0 radical (unpaired) electrons. The summed E-state index contributed by atoms with van der Waals surface area (Å²) in [5.74, 6) is -1.94. The number of aliphatic imine (C=N–C) groups is 1. The number of carbonyl (C=O) groups is 2. The number of hydrogen-bond acceptors (Lipinski definition) is 5. The molecule has 0 aromatic rings. The summed E-state index contributed by atoms with van der Waals surface area (Å²) in [6.07, 6.45) is -6.24. The minimum Gasteiger partial charge on any atom is -0.460 e. The monoisotopic (exact) mass is 295 g/mol. The maximum Gasteiger partial charge on any atom is 0.450 e. The Morgan fingerprint density at radius 2 is 1.90 bits per heavy atom. The molecule has 5 nitrogen and oxygen atoms in total. The lowest BCUT2D eigenvalue weighted by atomic mass is 10.1. The summed E-state index contributed by atoms with van der Waals surface area (Å²) in [6.45, 7) is 5.93. The molecular formula is C12H16F3NO4. The quantitative estimate of drug-likeness (QED) is 0.750. The average molecular weight is 295 g/mol. The largest absolute Gasteiger partial charge is 0.460 e. The van der Waals surface area contributed by atoms with Gasteiger partial charge in [-0.2, -0.15) is 13.2 Å². The van der Waals surface area contributed by atoms with Crippen LogP contribution in [0, 0.1) is 0 Å². The average Bonchev–Trinajstić information content (AvgIpc) is 2.50. The molecule has 1 aliphatic rings. The fourth-order valence-corrected chi connectivity index (χ4v) is 1.60. The van der Waals surface area contributed by atoms with Gasteiger partial charge in [-0.25, -0.2) is 9.79 Å². The topological polar surface area (TPSA) is 65.0 Å². The van der Waals surface area contributed by atoms with Gasteiger partial charge < -0.3 is 9.47 Å². The number of halogens is 3. The molecule has 0 aromatic carbocycles. The number of rotatable bonds is 3. The third-order valence-electron chi connectivity index (χ3n) is 2.44. The number of hydrogen-bond donors (Lipinski definition) is 0. The molecule has 0 spiro atoms. The lowest BCUT2D eigenvalue weighted by molar-refractivity contribution is -0.262. The molecule has 1 heterocycles. The van der Waals surface area contributed by atoms with Crippen LogP contribution in [0.25, 0.3) is 0 Å². The van der Waals surface area contributed by atoms with E-state index in [2.05, 4.69) is 9.73 Å². The number of ether oxygens (including phenoxy) is 2. The summed E-state index contributed by atoms with van der Waals surface area (Å²) in [7, 11) is 0. The van der Waals surface area contributed by atoms with Gasteiger partial charge in [0.1, 0.15) is 11.3 Å². The Balaban J connectivity index is 2.81. The summed E-state index contributed by atoms with van der Waals surface area (Å²) < 4.78 is 48.3. The molecule has 0 aromatic heterocycles. The molecule has 1 aliphatic heterocycles. The second-order valence-corrected chi connectivity index (χ2v) is 5.46. The molecule has 0 saturated heterocycles. The Kier molecular flexibility index (Phi) is 4.17. The normalized spacial score (nSPS) is 23.4. The smallest absolute Gasteiger partial charge is 0.450 e. The van der Waals surface area contributed by atoms with Crippen molar-refractivity contribution in [1.29, 1.82) is 0 Å². The molecule has 0 N–H and O–H groups in total. The maximum atomic E-state index is 13.0. The van der Waals surface area contributed by atoms with Crippen LogP contribution in [-0.2, 0) is 19.1 Å². The summed E-state index contributed by atoms with van der Waals surface area (Å²) in [5.41, 5.74) is -4.15. The predicted octanol–water partition coefficient (Wildman–Crippen LogP) is 2.38. The van der Waals surface area contributed by atoms with Crippen LogP contribution in [0.4, 0.5) is 13.2 Å². The fraction of sp³-hybridized carbons (Fsp3) is 0.750. The van der Waals surface area contributed by atoms with Crippen molar-refractivity contribution in [1.82, 2.24) is 0 Å². The van der Waals surface area contributed by atoms with Crippen LogP contribution in [0.15, 0.2) is 4.99 Å². The van der Waals surface area contributed by atoms with E-state index in [1.54, 1.807) is 20.8 Å². The van der Waals surface area contributed by atoms with Crippen LogP contribution in [0.2, 0.25) is 0 Å². The Hall–Kier alpha value is -1.60. The molecule has 1 atom stereocenters. The van der Waals surface area contributed by atoms with E-state index in [9.17, 15) is 22.8 Å². The summed E-state index contributed by atoms with van der Waals surface area (Å²) in [4.78, 5) is 25.9. The second kappa shape index (κ2) is 5.06. The van der Waals surface area contributed by atoms with Crippen molar-refractivity contribution in [2.75, 3.05) is 0 Å². The molecule has 114 valence electrons. The van der Waals surface area contributed by atoms with Crippen molar-refractivity contribution in [3.63, 3.8) is 0 Å². The van der Waals surface area contributed by atoms with Crippen LogP contribution in [-0.4, -0.2) is 35.2 Å². The molecule has 0 amide bonds. The zero-order chi connectivity index (χ0) is 15.8. The van der Waals surface area contributed by atoms with E-state index in [0.717, 1.165) is 6.92 Å². The van der Waals surface area contributed by atoms with E-state index in [-0.39, 0.29) is 5.71 Å². The van der Waals surface area contributed by atoms with Crippen LogP contribution >= 0.6 is 0 Å². The van der Waals surface area contributed by atoms with Crippen LogP contribution in [0.1, 0.15) is 40.5 Å². The Morgan fingerprint density at radius 1 is 1.35 bits per heavy atom. The van der Waals surface area contributed by atoms with Gasteiger partial charge in [-0.1, -0.05) is 0 Å². The van der Waals surface area contributed by atoms with E-state index in [1.807, 2.05) is 0 Å². The highest BCUT2D eigenvalue weighted by Crippen LogP contribution is 2.41. The standard InChI is InChI=1S/C12H16F3NO4/c1-7-9(18)20-11(16-7,12(13,14)15)6-5-8(17)19-10(2,3)4/h5-6H2,1-4H3. The van der Waals surface area contributed by atoms with Gasteiger partial charge >= 0.3 is 18.1 Å². The Morgan fingerprint density at radius 3 is 2.25 bits per heavy atom. The Labute approximate surface area is 114 Å². The molecule has 20 heavy (non-hydrogen) atoms. The van der Waals surface area contributed by atoms with Crippen molar-refractivity contribution >= 4 is 17.7 Å². The summed E-state index contributed by atoms with van der Waals surface area (Å²) >= 11 is 0. The SMILES string of the molecule is CC1=NC(CCC(=O)OC(C)(C)C)(C(F)(F)F)OC1=O. The predicted molar refractivity (Wildman–Crippen MR) is 63.1 cm³/mol. The van der Waals surface area contributed by atoms with Gasteiger partial charge in [0, 0.05) is 6.42 Å². The van der Waals surface area contributed by atoms with Crippen molar-refractivity contribution in [3.8, 4) is 0 Å². The van der Waals surface area contributed by atoms with Gasteiger partial charge in [0.05, 0.1) is 6.42 Å². The van der Waals surface area contributed by atoms with Crippen molar-refractivity contribution in [3.05, 3.63) is 0 Å². The number of carbonyl (C=O) groups excluding carboxylic acids is 2. The third-order valence-corrected chi connectivity index (χ3v) is 2.44. The highest BCUT2D eigenvalue weighted by atomic mass is 19.4. The van der Waals surface area contributed by atoms with Crippen LogP contribution in [0.3, 0.4) is 0 Å². The molecule has 0 saturated carbocycles.